The van der Waals surface area contributed by atoms with Crippen molar-refractivity contribution in [3.8, 4) is 34.2 Å². The van der Waals surface area contributed by atoms with Crippen LogP contribution in [0.5, 0.6) is 0 Å². The first-order valence-electron chi connectivity index (χ1n) is 26.0. The molecule has 0 spiro atoms. The summed E-state index contributed by atoms with van der Waals surface area (Å²) < 4.78 is 10.0. The number of para-hydroxylation sites is 6. The minimum absolute atomic E-state index is 0.176. The van der Waals surface area contributed by atoms with Crippen molar-refractivity contribution in [1.29, 1.82) is 0 Å². The van der Waals surface area contributed by atoms with Crippen molar-refractivity contribution in [1.82, 2.24) is 33.2 Å². The maximum atomic E-state index is 5.26. The van der Waals surface area contributed by atoms with E-state index >= 15 is 0 Å². The molecule has 10 aromatic carbocycles. The van der Waals surface area contributed by atoms with Crippen molar-refractivity contribution in [3.63, 3.8) is 0 Å². The molecule has 0 bridgehead atoms. The molecular weight excluding hydrogens is 927 g/mol. The molecule has 76 heavy (non-hydrogen) atoms. The summed E-state index contributed by atoms with van der Waals surface area (Å²) in [7, 11) is 0. The normalized spacial score (nSPS) is 14.9. The van der Waals surface area contributed by atoms with E-state index in [0.717, 1.165) is 44.6 Å². The first-order chi connectivity index (χ1) is 37.7. The van der Waals surface area contributed by atoms with Crippen LogP contribution in [0, 0.1) is 0 Å². The van der Waals surface area contributed by atoms with Gasteiger partial charge in [0.05, 0.1) is 39.7 Å². The molecule has 0 saturated heterocycles. The van der Waals surface area contributed by atoms with E-state index in [4.69, 9.17) is 15.0 Å². The molecule has 7 heteroatoms. The molecule has 0 fully saturated rings. The lowest BCUT2D eigenvalue weighted by Gasteiger charge is -2.31. The van der Waals surface area contributed by atoms with Crippen LogP contribution in [0.3, 0.4) is 0 Å². The molecule has 0 N–H and O–H groups in total. The number of fused-ring (bicyclic) bond motifs is 12. The molecule has 356 valence electrons. The largest absolute Gasteiger partial charge is 0.331 e. The minimum atomic E-state index is -0.216. The van der Waals surface area contributed by atoms with Gasteiger partial charge >= 0.3 is 0 Å². The quantitative estimate of drug-likeness (QED) is 0.160. The highest BCUT2D eigenvalue weighted by Crippen LogP contribution is 2.46. The Hall–Kier alpha value is -10.1. The third-order valence-corrected chi connectivity index (χ3v) is 15.8. The molecule has 5 heterocycles. The summed E-state index contributed by atoms with van der Waals surface area (Å²) >= 11 is 0. The molecular formula is C69H45N7. The molecule has 7 nitrogen and oxygen atoms in total. The predicted molar refractivity (Wildman–Crippen MR) is 313 cm³/mol. The van der Waals surface area contributed by atoms with Crippen molar-refractivity contribution < 1.29 is 0 Å². The maximum absolute atomic E-state index is 5.26. The number of nitrogens with zero attached hydrogens (tertiary/aromatic N) is 7. The summed E-state index contributed by atoms with van der Waals surface area (Å²) in [6.07, 6.45) is 7.02. The monoisotopic (exact) mass is 971 g/mol. The first-order valence-corrected chi connectivity index (χ1v) is 26.0. The first kappa shape index (κ1) is 42.4. The van der Waals surface area contributed by atoms with Gasteiger partial charge in [0.25, 0.3) is 0 Å². The van der Waals surface area contributed by atoms with Crippen LogP contribution in [0.2, 0.25) is 0 Å². The van der Waals surface area contributed by atoms with Crippen molar-refractivity contribution >= 4 is 92.8 Å². The van der Waals surface area contributed by atoms with Crippen LogP contribution in [0.1, 0.15) is 17.9 Å². The zero-order valence-corrected chi connectivity index (χ0v) is 41.1. The Labute approximate surface area is 436 Å². The van der Waals surface area contributed by atoms with Crippen LogP contribution in [0.4, 0.5) is 0 Å². The van der Waals surface area contributed by atoms with Gasteiger partial charge in [0.15, 0.2) is 17.5 Å². The summed E-state index contributed by atoms with van der Waals surface area (Å²) in [4.78, 5) is 15.6. The highest BCUT2D eigenvalue weighted by molar-refractivity contribution is 6.14. The fourth-order valence-electron chi connectivity index (χ4n) is 12.5. The Bertz CT molecular complexity index is 4730. The van der Waals surface area contributed by atoms with Crippen molar-refractivity contribution in [2.75, 3.05) is 0 Å². The predicted octanol–water partition coefficient (Wildman–Crippen LogP) is 17.1. The molecule has 0 saturated carbocycles. The van der Waals surface area contributed by atoms with Gasteiger partial charge < -0.3 is 18.3 Å². The molecule has 0 amide bonds. The van der Waals surface area contributed by atoms with E-state index in [2.05, 4.69) is 243 Å². The van der Waals surface area contributed by atoms with E-state index in [1.165, 1.54) is 70.7 Å². The van der Waals surface area contributed by atoms with Crippen molar-refractivity contribution in [2.24, 2.45) is 0 Å². The average Bonchev–Trinajstić information content (AvgIpc) is 4.30. The van der Waals surface area contributed by atoms with Crippen LogP contribution in [0.15, 0.2) is 261 Å². The third-order valence-electron chi connectivity index (χ3n) is 15.8. The molecule has 1 aliphatic carbocycles. The fraction of sp³-hybridized carbons (Fsp3) is 0.0290. The van der Waals surface area contributed by atoms with Gasteiger partial charge in [0.1, 0.15) is 0 Å². The standard InChI is InChI=1S/C69H45N7/c1-3-19-44(20-4-1)67-70-68(45-21-5-2-6-22-45)72-69(71-67)46-35-40-63(66(41-46)75-60-32-16-10-25-51(60)52-26-11-17-33-61(52)75)76-62-34-18-12-28-54(62)56-39-37-48(43-65(56)76)74-59-31-15-9-27-53(59)55-38-36-47(42-64(55)74)73-57-29-13-7-23-49(57)50-24-8-14-30-58(50)73/h1-43,63,66H. The maximum Gasteiger partial charge on any atom is 0.164 e. The molecule has 16 rings (SSSR count). The van der Waals surface area contributed by atoms with Gasteiger partial charge in [0.2, 0.25) is 0 Å². The lowest BCUT2D eigenvalue weighted by atomic mass is 9.95. The van der Waals surface area contributed by atoms with Crippen LogP contribution in [0.25, 0.3) is 127 Å². The minimum Gasteiger partial charge on any atom is -0.331 e. The second-order valence-electron chi connectivity index (χ2n) is 19.9. The fourth-order valence-corrected chi connectivity index (χ4v) is 12.5. The molecule has 0 radical (unpaired) electrons. The topological polar surface area (TPSA) is 58.4 Å². The van der Waals surface area contributed by atoms with E-state index in [9.17, 15) is 0 Å². The summed E-state index contributed by atoms with van der Waals surface area (Å²) in [6.45, 7) is 0. The number of allylic oxidation sites excluding steroid dienone is 4. The molecule has 2 atom stereocenters. The number of hydrogen-bond donors (Lipinski definition) is 0. The average molecular weight is 972 g/mol. The summed E-state index contributed by atoms with van der Waals surface area (Å²) in [6, 6.07) is 87.0. The lowest BCUT2D eigenvalue weighted by Crippen LogP contribution is -2.22. The van der Waals surface area contributed by atoms with Gasteiger partial charge in [-0.25, -0.2) is 15.0 Å². The summed E-state index contributed by atoms with van der Waals surface area (Å²) in [5, 5.41) is 9.77. The lowest BCUT2D eigenvalue weighted by molar-refractivity contribution is 0.480. The van der Waals surface area contributed by atoms with Crippen LogP contribution >= 0.6 is 0 Å². The Morgan fingerprint density at radius 1 is 0.276 bits per heavy atom. The van der Waals surface area contributed by atoms with Gasteiger partial charge in [-0.3, -0.25) is 0 Å². The van der Waals surface area contributed by atoms with Gasteiger partial charge in [-0.15, -0.1) is 0 Å². The van der Waals surface area contributed by atoms with Crippen LogP contribution in [-0.2, 0) is 0 Å². The molecule has 15 aromatic rings. The Kier molecular flexibility index (Phi) is 9.32. The van der Waals surface area contributed by atoms with E-state index in [1.54, 1.807) is 0 Å². The van der Waals surface area contributed by atoms with Crippen molar-refractivity contribution in [2.45, 2.75) is 12.1 Å². The second-order valence-corrected chi connectivity index (χ2v) is 19.9. The molecule has 1 aliphatic rings. The van der Waals surface area contributed by atoms with Crippen LogP contribution in [-0.4, -0.2) is 33.2 Å². The van der Waals surface area contributed by atoms with Crippen molar-refractivity contribution in [3.05, 3.63) is 267 Å². The molecule has 2 unspecified atom stereocenters. The smallest absolute Gasteiger partial charge is 0.164 e. The van der Waals surface area contributed by atoms with Gasteiger partial charge in [-0.2, -0.15) is 0 Å². The van der Waals surface area contributed by atoms with Crippen LogP contribution < -0.4 is 0 Å². The number of aromatic nitrogens is 7. The zero-order chi connectivity index (χ0) is 49.8. The van der Waals surface area contributed by atoms with Gasteiger partial charge in [-0.05, 0) is 66.7 Å². The number of hydrogen-bond acceptors (Lipinski definition) is 3. The van der Waals surface area contributed by atoms with E-state index < -0.39 is 0 Å². The van der Waals surface area contributed by atoms with E-state index in [0.29, 0.717) is 17.5 Å². The highest BCUT2D eigenvalue weighted by atomic mass is 15.1. The Morgan fingerprint density at radius 3 is 1.09 bits per heavy atom. The Balaban J connectivity index is 0.934. The summed E-state index contributed by atoms with van der Waals surface area (Å²) in [5.41, 5.74) is 14.4. The van der Waals surface area contributed by atoms with E-state index in [1.807, 2.05) is 36.4 Å². The number of rotatable bonds is 7. The number of benzene rings is 10. The van der Waals surface area contributed by atoms with Gasteiger partial charge in [0, 0.05) is 87.7 Å². The Morgan fingerprint density at radius 2 is 0.618 bits per heavy atom. The SMILES string of the molecule is C1=CC(n2c3ccccc3c3ccc(-n4c5ccccc5c5ccc(-n6c7ccccc7c7ccccc76)cc54)cc32)C(n2c3ccccc3c3ccccc32)C=C1c1nc(-c2ccccc2)nc(-c2ccccc2)n1. The third kappa shape index (κ3) is 6.39. The molecule has 5 aromatic heterocycles. The zero-order valence-electron chi connectivity index (χ0n) is 41.1. The second kappa shape index (κ2) is 16.7. The highest BCUT2D eigenvalue weighted by Gasteiger charge is 2.31. The molecule has 0 aliphatic heterocycles. The van der Waals surface area contributed by atoms with Gasteiger partial charge in [-0.1, -0.05) is 194 Å². The van der Waals surface area contributed by atoms with E-state index in [-0.39, 0.29) is 12.1 Å². The summed E-state index contributed by atoms with van der Waals surface area (Å²) in [5.74, 6) is 1.90.